The first-order chi connectivity index (χ1) is 10.3. The highest BCUT2D eigenvalue weighted by molar-refractivity contribution is 5.85. The first-order valence-electron chi connectivity index (χ1n) is 7.03. The molecule has 3 rings (SSSR count). The molecule has 21 heavy (non-hydrogen) atoms. The molecule has 0 saturated carbocycles. The normalized spacial score (nSPS) is 11.3. The van der Waals surface area contributed by atoms with Gasteiger partial charge in [-0.05, 0) is 38.1 Å². The van der Waals surface area contributed by atoms with E-state index in [1.807, 2.05) is 43.3 Å². The molecule has 0 aliphatic rings. The third-order valence-electron chi connectivity index (χ3n) is 3.30. The quantitative estimate of drug-likeness (QED) is 0.715. The summed E-state index contributed by atoms with van der Waals surface area (Å²) in [5, 5.41) is 0.927. The van der Waals surface area contributed by atoms with Gasteiger partial charge >= 0.3 is 0 Å². The number of ether oxygens (including phenoxy) is 1. The zero-order valence-corrected chi connectivity index (χ0v) is 12.2. The summed E-state index contributed by atoms with van der Waals surface area (Å²) in [6.45, 7) is 4.96. The number of allylic oxidation sites excluding steroid dienone is 1. The van der Waals surface area contributed by atoms with E-state index in [2.05, 4.69) is 33.6 Å². The van der Waals surface area contributed by atoms with E-state index in [-0.39, 0.29) is 0 Å². The van der Waals surface area contributed by atoms with Crippen molar-refractivity contribution in [2.24, 2.45) is 0 Å². The number of benzene rings is 1. The van der Waals surface area contributed by atoms with Gasteiger partial charge in [-0.1, -0.05) is 24.3 Å². The molecule has 0 radical (unpaired) electrons. The third-order valence-corrected chi connectivity index (χ3v) is 3.30. The number of rotatable bonds is 4. The molecule has 0 amide bonds. The minimum absolute atomic E-state index is 0.587. The van der Waals surface area contributed by atoms with Crippen LogP contribution in [0.3, 0.4) is 0 Å². The molecule has 4 nitrogen and oxygen atoms in total. The average molecular weight is 279 g/mol. The third kappa shape index (κ3) is 2.52. The Labute approximate surface area is 123 Å². The highest BCUT2D eigenvalue weighted by Crippen LogP contribution is 2.29. The number of nitrogens with zero attached hydrogens (tertiary/aromatic N) is 3. The van der Waals surface area contributed by atoms with Crippen LogP contribution in [0, 0.1) is 0 Å². The lowest BCUT2D eigenvalue weighted by atomic mass is 10.3. The molecular formula is C17H17N3O. The molecule has 0 atom stereocenters. The molecule has 0 fully saturated rings. The largest absolute Gasteiger partial charge is 0.438 e. The number of hydrogen-bond acceptors (Lipinski definition) is 3. The molecule has 0 bridgehead atoms. The first kappa shape index (κ1) is 13.4. The molecule has 106 valence electrons. The predicted octanol–water partition coefficient (Wildman–Crippen LogP) is 4.28. The van der Waals surface area contributed by atoms with Crippen LogP contribution in [0.4, 0.5) is 0 Å². The number of aromatic nitrogens is 3. The highest BCUT2D eigenvalue weighted by atomic mass is 16.5. The Morgan fingerprint density at radius 3 is 2.71 bits per heavy atom. The van der Waals surface area contributed by atoms with Crippen LogP contribution in [0.25, 0.3) is 17.1 Å². The summed E-state index contributed by atoms with van der Waals surface area (Å²) in [5.41, 5.74) is 2.00. The summed E-state index contributed by atoms with van der Waals surface area (Å²) < 4.78 is 8.04. The molecule has 4 heteroatoms. The maximum absolute atomic E-state index is 5.89. The standard InChI is InChI=1S/C17H17N3O/c1-3-8-13-11-15-16(20(13)4-2)18-12-19-17(15)21-14-9-6-5-7-10-14/h3,5-12H,4H2,1-2H3/b8-3+. The monoisotopic (exact) mass is 279 g/mol. The average Bonchev–Trinajstić information content (AvgIpc) is 2.87. The van der Waals surface area contributed by atoms with E-state index in [0.29, 0.717) is 5.88 Å². The van der Waals surface area contributed by atoms with Crippen molar-refractivity contribution in [3.8, 4) is 11.6 Å². The molecule has 0 spiro atoms. The SMILES string of the molecule is C/C=C/c1cc2c(Oc3ccccc3)ncnc2n1CC. The molecule has 0 saturated heterocycles. The fourth-order valence-electron chi connectivity index (χ4n) is 2.38. The molecule has 2 heterocycles. The predicted molar refractivity (Wildman–Crippen MR) is 84.4 cm³/mol. The van der Waals surface area contributed by atoms with Crippen molar-refractivity contribution in [2.45, 2.75) is 20.4 Å². The van der Waals surface area contributed by atoms with Gasteiger partial charge in [0.25, 0.3) is 0 Å². The molecule has 0 N–H and O–H groups in total. The number of para-hydroxylation sites is 1. The minimum Gasteiger partial charge on any atom is -0.438 e. The van der Waals surface area contributed by atoms with Gasteiger partial charge in [0, 0.05) is 12.2 Å². The Hall–Kier alpha value is -2.62. The van der Waals surface area contributed by atoms with Gasteiger partial charge in [-0.3, -0.25) is 0 Å². The molecule has 0 aliphatic carbocycles. The highest BCUT2D eigenvalue weighted by Gasteiger charge is 2.13. The van der Waals surface area contributed by atoms with Crippen molar-refractivity contribution >= 4 is 17.1 Å². The summed E-state index contributed by atoms with van der Waals surface area (Å²) in [6.07, 6.45) is 5.63. The first-order valence-corrected chi connectivity index (χ1v) is 7.03. The maximum atomic E-state index is 5.89. The summed E-state index contributed by atoms with van der Waals surface area (Å²) >= 11 is 0. The second-order valence-corrected chi connectivity index (χ2v) is 4.64. The number of aryl methyl sites for hydroxylation is 1. The topological polar surface area (TPSA) is 39.9 Å². The zero-order valence-electron chi connectivity index (χ0n) is 12.2. The van der Waals surface area contributed by atoms with Crippen molar-refractivity contribution in [3.05, 3.63) is 54.5 Å². The lowest BCUT2D eigenvalue weighted by Crippen LogP contribution is -1.98. The van der Waals surface area contributed by atoms with Crippen LogP contribution in [-0.2, 0) is 6.54 Å². The Balaban J connectivity index is 2.11. The van der Waals surface area contributed by atoms with Crippen LogP contribution in [0.1, 0.15) is 19.5 Å². The molecular weight excluding hydrogens is 262 g/mol. The minimum atomic E-state index is 0.587. The summed E-state index contributed by atoms with van der Waals surface area (Å²) in [6, 6.07) is 11.7. The molecule has 0 aliphatic heterocycles. The van der Waals surface area contributed by atoms with E-state index in [1.54, 1.807) is 6.33 Å². The van der Waals surface area contributed by atoms with Crippen molar-refractivity contribution in [1.29, 1.82) is 0 Å². The van der Waals surface area contributed by atoms with Crippen molar-refractivity contribution < 1.29 is 4.74 Å². The van der Waals surface area contributed by atoms with E-state index in [0.717, 1.165) is 29.0 Å². The van der Waals surface area contributed by atoms with Gasteiger partial charge in [0.1, 0.15) is 17.7 Å². The second kappa shape index (κ2) is 5.79. The lowest BCUT2D eigenvalue weighted by Gasteiger charge is -2.06. The second-order valence-electron chi connectivity index (χ2n) is 4.64. The van der Waals surface area contributed by atoms with Crippen LogP contribution in [0.2, 0.25) is 0 Å². The van der Waals surface area contributed by atoms with E-state index < -0.39 is 0 Å². The van der Waals surface area contributed by atoms with Crippen LogP contribution in [0.5, 0.6) is 11.6 Å². The van der Waals surface area contributed by atoms with Crippen molar-refractivity contribution in [1.82, 2.24) is 14.5 Å². The Kier molecular flexibility index (Phi) is 3.69. The summed E-state index contributed by atoms with van der Waals surface area (Å²) in [5.74, 6) is 1.36. The zero-order chi connectivity index (χ0) is 14.7. The molecule has 0 unspecified atom stereocenters. The van der Waals surface area contributed by atoms with Gasteiger partial charge < -0.3 is 9.30 Å². The van der Waals surface area contributed by atoms with E-state index >= 15 is 0 Å². The molecule has 2 aromatic heterocycles. The van der Waals surface area contributed by atoms with Gasteiger partial charge in [0.15, 0.2) is 0 Å². The van der Waals surface area contributed by atoms with E-state index in [1.165, 1.54) is 0 Å². The maximum Gasteiger partial charge on any atom is 0.231 e. The Morgan fingerprint density at radius 1 is 1.19 bits per heavy atom. The van der Waals surface area contributed by atoms with Gasteiger partial charge in [-0.2, -0.15) is 0 Å². The summed E-state index contributed by atoms with van der Waals surface area (Å²) in [4.78, 5) is 8.68. The van der Waals surface area contributed by atoms with Crippen LogP contribution < -0.4 is 4.74 Å². The number of hydrogen-bond donors (Lipinski definition) is 0. The van der Waals surface area contributed by atoms with Crippen molar-refractivity contribution in [3.63, 3.8) is 0 Å². The van der Waals surface area contributed by atoms with Gasteiger partial charge in [-0.25, -0.2) is 9.97 Å². The lowest BCUT2D eigenvalue weighted by molar-refractivity contribution is 0.468. The van der Waals surface area contributed by atoms with Gasteiger partial charge in [-0.15, -0.1) is 0 Å². The fraction of sp³-hybridized carbons (Fsp3) is 0.176. The smallest absolute Gasteiger partial charge is 0.231 e. The van der Waals surface area contributed by atoms with E-state index in [9.17, 15) is 0 Å². The van der Waals surface area contributed by atoms with Gasteiger partial charge in [0.2, 0.25) is 5.88 Å². The van der Waals surface area contributed by atoms with Crippen LogP contribution >= 0.6 is 0 Å². The van der Waals surface area contributed by atoms with Crippen LogP contribution in [-0.4, -0.2) is 14.5 Å². The summed E-state index contributed by atoms with van der Waals surface area (Å²) in [7, 11) is 0. The molecule has 1 aromatic carbocycles. The fourth-order valence-corrected chi connectivity index (χ4v) is 2.38. The Morgan fingerprint density at radius 2 is 2.00 bits per heavy atom. The van der Waals surface area contributed by atoms with E-state index in [4.69, 9.17) is 4.74 Å². The number of fused-ring (bicyclic) bond motifs is 1. The van der Waals surface area contributed by atoms with Gasteiger partial charge in [0.05, 0.1) is 5.39 Å². The van der Waals surface area contributed by atoms with Crippen LogP contribution in [0.15, 0.2) is 48.8 Å². The van der Waals surface area contributed by atoms with Crippen molar-refractivity contribution in [2.75, 3.05) is 0 Å². The Bertz CT molecular complexity index is 775. The molecule has 3 aromatic rings.